The van der Waals surface area contributed by atoms with Crippen molar-refractivity contribution in [1.29, 1.82) is 0 Å². The van der Waals surface area contributed by atoms with Crippen LogP contribution in [0.2, 0.25) is 0 Å². The molecule has 0 radical (unpaired) electrons. The van der Waals surface area contributed by atoms with Gasteiger partial charge >= 0.3 is 0 Å². The molecule has 0 fully saturated rings. The largest absolute Gasteiger partial charge is 0.297 e. The van der Waals surface area contributed by atoms with Gasteiger partial charge in [0.2, 0.25) is 0 Å². The lowest BCUT2D eigenvalue weighted by atomic mass is 10.1. The van der Waals surface area contributed by atoms with Crippen molar-refractivity contribution in [3.8, 4) is 0 Å². The maximum atomic E-state index is 3.93. The number of rotatable bonds is 4. The lowest BCUT2D eigenvalue weighted by Crippen LogP contribution is -1.81. The van der Waals surface area contributed by atoms with Crippen LogP contribution in [-0.4, -0.2) is 13.3 Å². The molecule has 0 saturated carbocycles. The van der Waals surface area contributed by atoms with E-state index in [4.69, 9.17) is 0 Å². The minimum Gasteiger partial charge on any atom is -0.297 e. The van der Waals surface area contributed by atoms with Crippen LogP contribution in [-0.2, 0) is 0 Å². The van der Waals surface area contributed by atoms with Crippen molar-refractivity contribution in [2.24, 2.45) is 4.99 Å². The molecule has 0 aliphatic heterocycles. The van der Waals surface area contributed by atoms with Crippen LogP contribution in [0.25, 0.3) is 0 Å². The first-order valence-corrected chi connectivity index (χ1v) is 4.81. The Morgan fingerprint density at radius 3 is 2.29 bits per heavy atom. The summed E-state index contributed by atoms with van der Waals surface area (Å²) in [7, 11) is 1.77. The van der Waals surface area contributed by atoms with Crippen molar-refractivity contribution in [3.05, 3.63) is 47.6 Å². The van der Waals surface area contributed by atoms with Gasteiger partial charge in [-0.1, -0.05) is 30.4 Å². The quantitative estimate of drug-likeness (QED) is 0.472. The van der Waals surface area contributed by atoms with E-state index in [1.807, 2.05) is 44.4 Å². The van der Waals surface area contributed by atoms with Crippen LogP contribution in [0, 0.1) is 0 Å². The van der Waals surface area contributed by atoms with Crippen molar-refractivity contribution in [2.45, 2.75) is 20.8 Å². The maximum Gasteiger partial charge on any atom is 0.0277 e. The summed E-state index contributed by atoms with van der Waals surface area (Å²) in [4.78, 5) is 3.93. The topological polar surface area (TPSA) is 12.4 Å². The minimum absolute atomic E-state index is 1.21. The second-order valence-corrected chi connectivity index (χ2v) is 2.90. The molecule has 0 rings (SSSR count). The Balaban J connectivity index is 4.82. The van der Waals surface area contributed by atoms with E-state index in [9.17, 15) is 0 Å². The van der Waals surface area contributed by atoms with Gasteiger partial charge < -0.3 is 0 Å². The monoisotopic (exact) mass is 189 g/mol. The third kappa shape index (κ3) is 5.31. The van der Waals surface area contributed by atoms with E-state index < -0.39 is 0 Å². The molecule has 1 heteroatoms. The molecule has 0 unspecified atom stereocenters. The fourth-order valence-corrected chi connectivity index (χ4v) is 0.980. The Hall–Kier alpha value is -1.37. The molecule has 0 aliphatic carbocycles. The van der Waals surface area contributed by atoms with Gasteiger partial charge in [-0.2, -0.15) is 0 Å². The van der Waals surface area contributed by atoms with Gasteiger partial charge in [0.1, 0.15) is 0 Å². The zero-order valence-electron chi connectivity index (χ0n) is 9.49. The van der Waals surface area contributed by atoms with Crippen LogP contribution in [0.3, 0.4) is 0 Å². The summed E-state index contributed by atoms with van der Waals surface area (Å²) in [6.07, 6.45) is 14.1. The fraction of sp³-hybridized carbons (Fsp3) is 0.308. The van der Waals surface area contributed by atoms with Crippen molar-refractivity contribution < 1.29 is 0 Å². The summed E-state index contributed by atoms with van der Waals surface area (Å²) in [6, 6.07) is 0. The number of allylic oxidation sites excluding steroid dienone is 8. The molecule has 0 aromatic rings. The summed E-state index contributed by atoms with van der Waals surface area (Å²) in [5.41, 5.74) is 2.43. The minimum atomic E-state index is 1.21. The molecule has 0 saturated heterocycles. The first kappa shape index (κ1) is 12.6. The van der Waals surface area contributed by atoms with Crippen LogP contribution in [0.1, 0.15) is 20.8 Å². The van der Waals surface area contributed by atoms with E-state index in [1.165, 1.54) is 11.1 Å². The summed E-state index contributed by atoms with van der Waals surface area (Å²) in [5, 5.41) is 0. The Kier molecular flexibility index (Phi) is 7.43. The lowest BCUT2D eigenvalue weighted by molar-refractivity contribution is 1.41. The summed E-state index contributed by atoms with van der Waals surface area (Å²) < 4.78 is 0. The van der Waals surface area contributed by atoms with Gasteiger partial charge in [-0.3, -0.25) is 4.99 Å². The summed E-state index contributed by atoms with van der Waals surface area (Å²) in [6.45, 7) is 6.11. The average Bonchev–Trinajstić information content (AvgIpc) is 2.20. The van der Waals surface area contributed by atoms with Crippen molar-refractivity contribution >= 4 is 6.21 Å². The van der Waals surface area contributed by atoms with Crippen molar-refractivity contribution in [1.82, 2.24) is 0 Å². The Morgan fingerprint density at radius 1 is 1.07 bits per heavy atom. The molecule has 0 aromatic heterocycles. The van der Waals surface area contributed by atoms with Crippen LogP contribution in [0.5, 0.6) is 0 Å². The molecule has 1 nitrogen and oxygen atoms in total. The molecule has 0 atom stereocenters. The van der Waals surface area contributed by atoms with Gasteiger partial charge in [0.15, 0.2) is 0 Å². The lowest BCUT2D eigenvalue weighted by Gasteiger charge is -1.99. The van der Waals surface area contributed by atoms with Crippen LogP contribution in [0.4, 0.5) is 0 Å². The number of hydrogen-bond donors (Lipinski definition) is 0. The van der Waals surface area contributed by atoms with Crippen LogP contribution in [0.15, 0.2) is 52.6 Å². The highest BCUT2D eigenvalue weighted by Crippen LogP contribution is 2.10. The summed E-state index contributed by atoms with van der Waals surface area (Å²) in [5.74, 6) is 0. The van der Waals surface area contributed by atoms with Gasteiger partial charge in [0, 0.05) is 13.3 Å². The van der Waals surface area contributed by atoms with Gasteiger partial charge in [0.05, 0.1) is 0 Å². The SMILES string of the molecule is C\C=C/C=C(\C=C/C)C(/C)=C\C=NC. The highest BCUT2D eigenvalue weighted by molar-refractivity contribution is 5.73. The molecule has 0 spiro atoms. The molecular weight excluding hydrogens is 170 g/mol. The predicted molar refractivity (Wildman–Crippen MR) is 65.9 cm³/mol. The van der Waals surface area contributed by atoms with Crippen molar-refractivity contribution in [2.75, 3.05) is 7.05 Å². The van der Waals surface area contributed by atoms with E-state index >= 15 is 0 Å². The van der Waals surface area contributed by atoms with Crippen LogP contribution >= 0.6 is 0 Å². The van der Waals surface area contributed by atoms with Gasteiger partial charge in [-0.25, -0.2) is 0 Å². The van der Waals surface area contributed by atoms with E-state index in [-0.39, 0.29) is 0 Å². The van der Waals surface area contributed by atoms with Gasteiger partial charge in [-0.05, 0) is 38.0 Å². The second-order valence-electron chi connectivity index (χ2n) is 2.90. The second kappa shape index (κ2) is 8.24. The van der Waals surface area contributed by atoms with Gasteiger partial charge in [0.25, 0.3) is 0 Å². The highest BCUT2D eigenvalue weighted by Gasteiger charge is 1.91. The average molecular weight is 189 g/mol. The smallest absolute Gasteiger partial charge is 0.0277 e. The van der Waals surface area contributed by atoms with E-state index in [0.29, 0.717) is 0 Å². The Labute approximate surface area is 87.3 Å². The van der Waals surface area contributed by atoms with Crippen molar-refractivity contribution in [3.63, 3.8) is 0 Å². The molecule has 0 aromatic carbocycles. The molecule has 14 heavy (non-hydrogen) atoms. The predicted octanol–water partition coefficient (Wildman–Crippen LogP) is 3.71. The molecule has 76 valence electrons. The molecule has 0 N–H and O–H groups in total. The zero-order chi connectivity index (χ0) is 10.8. The molecule has 0 heterocycles. The molecule has 0 amide bonds. The first-order valence-electron chi connectivity index (χ1n) is 4.81. The number of nitrogens with zero attached hydrogens (tertiary/aromatic N) is 1. The highest BCUT2D eigenvalue weighted by atomic mass is 14.6. The van der Waals surface area contributed by atoms with Gasteiger partial charge in [-0.15, -0.1) is 0 Å². The van der Waals surface area contributed by atoms with E-state index in [2.05, 4.69) is 24.1 Å². The fourth-order valence-electron chi connectivity index (χ4n) is 0.980. The molecule has 0 bridgehead atoms. The normalized spacial score (nSPS) is 15.1. The summed E-state index contributed by atoms with van der Waals surface area (Å²) >= 11 is 0. The standard InChI is InChI=1S/C13H19N/c1-5-7-9-13(8-6-2)12(3)10-11-14-4/h5-11H,1-4H3/b7-5-,8-6-,12-10-,13-9+,14-11?. The molecular formula is C13H19N. The zero-order valence-corrected chi connectivity index (χ0v) is 9.49. The van der Waals surface area contributed by atoms with E-state index in [0.717, 1.165) is 0 Å². The third-order valence-electron chi connectivity index (χ3n) is 1.74. The maximum absolute atomic E-state index is 3.93. The Morgan fingerprint density at radius 2 is 1.79 bits per heavy atom. The number of hydrogen-bond acceptors (Lipinski definition) is 1. The third-order valence-corrected chi connectivity index (χ3v) is 1.74. The number of aliphatic imine (C=N–C) groups is 1. The van der Waals surface area contributed by atoms with Crippen LogP contribution < -0.4 is 0 Å². The van der Waals surface area contributed by atoms with E-state index in [1.54, 1.807) is 7.05 Å². The first-order chi connectivity index (χ1) is 6.76. The Bertz CT molecular complexity index is 288. The molecule has 0 aliphatic rings.